The van der Waals surface area contributed by atoms with Gasteiger partial charge >= 0.3 is 5.97 Å². The van der Waals surface area contributed by atoms with Gasteiger partial charge in [-0.2, -0.15) is 0 Å². The number of fused-ring (bicyclic) bond motifs is 2. The lowest BCUT2D eigenvalue weighted by Crippen LogP contribution is -2.66. The summed E-state index contributed by atoms with van der Waals surface area (Å²) in [5.41, 5.74) is -0.215. The summed E-state index contributed by atoms with van der Waals surface area (Å²) >= 11 is 0. The molecule has 10 amide bonds. The molecule has 0 radical (unpaired) electrons. The van der Waals surface area contributed by atoms with E-state index in [9.17, 15) is 141 Å². The molecule has 7 aliphatic rings. The Morgan fingerprint density at radius 1 is 0.482 bits per heavy atom. The van der Waals surface area contributed by atoms with Gasteiger partial charge in [0, 0.05) is 77.7 Å². The second kappa shape index (κ2) is 54.9. The molecule has 7 heterocycles. The van der Waals surface area contributed by atoms with E-state index in [1.165, 1.54) is 0 Å². The highest BCUT2D eigenvalue weighted by atomic mass is 16.8. The van der Waals surface area contributed by atoms with Crippen LogP contribution in [-0.2, 0) is 85.9 Å². The number of carbonyl (C=O) groups excluding carboxylic acids is 11. The Kier molecular flexibility index (Phi) is 45.8. The fraction of sp³-hybridized carbons (Fsp3) is 0.802. The van der Waals surface area contributed by atoms with Gasteiger partial charge in [-0.15, -0.1) is 0 Å². The third-order valence-corrected chi connectivity index (χ3v) is 25.6. The van der Waals surface area contributed by atoms with Gasteiger partial charge in [-0.05, 0) is 75.0 Å². The van der Waals surface area contributed by atoms with E-state index in [4.69, 9.17) is 33.2 Å². The number of rotatable bonds is 43. The fourth-order valence-corrected chi connectivity index (χ4v) is 17.4. The second-order valence-electron chi connectivity index (χ2n) is 36.2. The maximum absolute atomic E-state index is 15.5. The third kappa shape index (κ3) is 31.8. The zero-order valence-electron chi connectivity index (χ0n) is 76.7. The lowest BCUT2D eigenvalue weighted by molar-refractivity contribution is -0.355. The number of carbonyl (C=O) groups is 11. The molecule has 0 spiro atoms. The van der Waals surface area contributed by atoms with Crippen molar-refractivity contribution in [1.29, 1.82) is 0 Å². The van der Waals surface area contributed by atoms with Gasteiger partial charge in [-0.1, -0.05) is 77.8 Å². The van der Waals surface area contributed by atoms with Gasteiger partial charge in [-0.25, -0.2) is 0 Å². The standard InChI is InChI=1S/C86H141N11O40/c1-5-38(2)30-39(3)14-10-8-6-7-9-11-15-55(110)90-44-32-48(107)76(89-28-27-88-54(109)17-13-19-57(112)135-84-73(124)69(120)75(52(37-101)134-84)137-86-72(123)67(118)64(115)50(35-99)133-86)95-80(128)61-47(106)25-29-96(61)83(130)59(93-79(127)60(65(116)62(113)41-20-22-42(103)23-21-41)94-78(126)45-31-43(104)33-97(45)82(129)58(40(4)102)92-77(44)125)46(105)24-26-87-53(108)16-12-18-56(111)91-81-70(121)68(119)74(51(36-100)131-81)136-85-71(122)66(117)63(114)49(34-98)132-85/h20-23,38-40,43-52,58-76,81,84-86,89,98-107,113-124H,5-19,24-37H2,1-4H3,(H,87,108)(H,88,109)(H,90,110)(H,91,111)(H,92,125)(H,93,127)(H,94,126)(H,95,128)/t38-,39+,40+,43+,44-,45?,46+,47-,48+,49+,50+,51+,52+,58?,59?,60?,61?,62-,63+,64+,65-,66-,67-,68+,69+,70+,71+,72+,73+,74+,75+,76-,81?,84?,85+,86+/m0/s1. The van der Waals surface area contributed by atoms with Crippen LogP contribution in [0.15, 0.2) is 24.3 Å². The molecule has 1 aromatic carbocycles. The van der Waals surface area contributed by atoms with Crippen LogP contribution in [0.5, 0.6) is 5.75 Å². The maximum atomic E-state index is 15.5. The largest absolute Gasteiger partial charge is 0.508 e. The number of phenolic OH excluding ortho intramolecular Hbond substituents is 1. The third-order valence-electron chi connectivity index (χ3n) is 25.6. The number of benzene rings is 1. The lowest BCUT2D eigenvalue weighted by Gasteiger charge is -2.46. The van der Waals surface area contributed by atoms with E-state index in [2.05, 4.69) is 68.6 Å². The molecule has 51 heteroatoms. The molecule has 7 saturated heterocycles. The van der Waals surface area contributed by atoms with Gasteiger partial charge in [0.2, 0.25) is 65.4 Å². The first-order valence-corrected chi connectivity index (χ1v) is 46.6. The molecule has 1 aromatic rings. The molecule has 0 aromatic heterocycles. The van der Waals surface area contributed by atoms with Gasteiger partial charge in [0.05, 0.1) is 56.9 Å². The van der Waals surface area contributed by atoms with Crippen LogP contribution in [0, 0.1) is 11.8 Å². The van der Waals surface area contributed by atoms with Gasteiger partial charge in [-0.3, -0.25) is 58.1 Å². The summed E-state index contributed by atoms with van der Waals surface area (Å²) in [6.45, 7) is 1.24. The number of esters is 1. The van der Waals surface area contributed by atoms with E-state index in [0.29, 0.717) is 34.5 Å². The van der Waals surface area contributed by atoms with Gasteiger partial charge in [0.1, 0.15) is 158 Å². The van der Waals surface area contributed by atoms with Crippen molar-refractivity contribution < 1.29 is 198 Å². The Bertz CT molecular complexity index is 4000. The maximum Gasteiger partial charge on any atom is 0.308 e. The van der Waals surface area contributed by atoms with E-state index in [0.717, 1.165) is 76.1 Å². The summed E-state index contributed by atoms with van der Waals surface area (Å²) in [7, 11) is 0. The molecule has 137 heavy (non-hydrogen) atoms. The topological polar surface area (TPSA) is 812 Å². The Morgan fingerprint density at radius 2 is 0.993 bits per heavy atom. The first-order valence-electron chi connectivity index (χ1n) is 46.6. The number of aliphatic hydroxyl groups is 21. The second-order valence-corrected chi connectivity index (χ2v) is 36.2. The molecular formula is C86H141N11O40. The van der Waals surface area contributed by atoms with Crippen LogP contribution in [0.4, 0.5) is 0 Å². The molecule has 7 fully saturated rings. The average molecular weight is 1970 g/mol. The van der Waals surface area contributed by atoms with Gasteiger partial charge in [0.25, 0.3) is 0 Å². The Morgan fingerprint density at radius 3 is 1.58 bits per heavy atom. The molecular weight excluding hydrogens is 1830 g/mol. The van der Waals surface area contributed by atoms with Crippen molar-refractivity contribution in [3.05, 3.63) is 29.8 Å². The van der Waals surface area contributed by atoms with Crippen molar-refractivity contribution in [3.8, 4) is 5.75 Å². The van der Waals surface area contributed by atoms with Crippen LogP contribution in [-0.4, -0.2) is 448 Å². The van der Waals surface area contributed by atoms with Crippen LogP contribution in [0.1, 0.15) is 168 Å². The van der Waals surface area contributed by atoms with E-state index >= 15 is 24.0 Å². The highest BCUT2D eigenvalue weighted by Crippen LogP contribution is 2.34. The fourth-order valence-electron chi connectivity index (χ4n) is 17.4. The van der Waals surface area contributed by atoms with Crippen molar-refractivity contribution in [2.24, 2.45) is 11.8 Å². The van der Waals surface area contributed by atoms with Gasteiger partial charge in [0.15, 0.2) is 18.8 Å². The Balaban J connectivity index is 1.02. The average Bonchev–Trinajstić information content (AvgIpc) is 1.44. The molecule has 780 valence electrons. The molecule has 0 saturated carbocycles. The number of ether oxygens (including phenoxy) is 7. The number of aromatic hydroxyl groups is 1. The molecule has 0 aliphatic carbocycles. The van der Waals surface area contributed by atoms with Crippen LogP contribution < -0.4 is 47.9 Å². The van der Waals surface area contributed by atoms with E-state index < -0.39 is 383 Å². The molecule has 8 rings (SSSR count). The molecule has 7 aliphatic heterocycles. The zero-order chi connectivity index (χ0) is 101. The number of hydrogen-bond acceptors (Lipinski definition) is 41. The first kappa shape index (κ1) is 114. The van der Waals surface area contributed by atoms with Crippen LogP contribution >= 0.6 is 0 Å². The summed E-state index contributed by atoms with van der Waals surface area (Å²) in [4.78, 5) is 160. The molecule has 36 atom stereocenters. The van der Waals surface area contributed by atoms with Crippen LogP contribution in [0.2, 0.25) is 0 Å². The highest BCUT2D eigenvalue weighted by Gasteiger charge is 2.56. The zero-order valence-corrected chi connectivity index (χ0v) is 76.7. The van der Waals surface area contributed by atoms with E-state index in [-0.39, 0.29) is 30.6 Å². The number of hydrogen-bond donors (Lipinski definition) is 31. The van der Waals surface area contributed by atoms with E-state index in [1.54, 1.807) is 0 Å². The number of aliphatic hydroxyl groups excluding tert-OH is 21. The Hall–Kier alpha value is -7.93. The number of amides is 10. The number of phenols is 1. The van der Waals surface area contributed by atoms with Crippen molar-refractivity contribution in [2.75, 3.05) is 59.2 Å². The molecule has 31 N–H and O–H groups in total. The lowest BCUT2D eigenvalue weighted by atomic mass is 9.91. The minimum Gasteiger partial charge on any atom is -0.508 e. The van der Waals surface area contributed by atoms with Crippen molar-refractivity contribution in [1.82, 2.24) is 57.7 Å². The number of nitrogens with one attached hydrogen (secondary N) is 9. The Labute approximate surface area is 788 Å². The summed E-state index contributed by atoms with van der Waals surface area (Å²) < 4.78 is 38.1. The predicted octanol–water partition coefficient (Wildman–Crippen LogP) is -12.7. The summed E-state index contributed by atoms with van der Waals surface area (Å²) in [6, 6.07) is -8.54. The van der Waals surface area contributed by atoms with Crippen molar-refractivity contribution in [2.45, 2.75) is 364 Å². The minimum atomic E-state index is -2.52. The summed E-state index contributed by atoms with van der Waals surface area (Å²) in [5, 5.41) is 261. The minimum absolute atomic E-state index is 0.205. The number of unbranched alkanes of at least 4 members (excludes halogenated alkanes) is 5. The van der Waals surface area contributed by atoms with Crippen molar-refractivity contribution >= 4 is 65.0 Å². The SMILES string of the molecule is CC[C@H](C)C[C@H](C)CCCCCCCCC(=O)N[C@H]1C[C@@H](O)[C@@H](NCCNC(=O)CCCC(=O)OC2O[C@H](CO)[C@@H](O[C@H]3O[C@H](CO)[C@@H](O)[C@H](O)[C@H]3O)[C@H](O)[C@H]2O)NC(=O)C2[C@@H](O)CCN2C(=O)C([C@H](O)CCNC(=O)CCCC(=O)NC2O[C@H](CO)[C@@H](O[C@H]3O[C@H](CO)[C@@H](O)[C@H](O)[C@H]3O)[C@H](O)[C@H]2O)NC(=O)C([C@H](O)[C@@H](O)c2ccc(O)cc2)NC(=O)C2C[C@@H](O)CN2C(=O)C([C@@H](C)O)NC1=O. The summed E-state index contributed by atoms with van der Waals surface area (Å²) in [5.74, 6) is -11.9. The molecule has 51 nitrogen and oxygen atoms in total. The van der Waals surface area contributed by atoms with Crippen LogP contribution in [0.3, 0.4) is 0 Å². The number of nitrogens with zero attached hydrogens (tertiary/aromatic N) is 2. The van der Waals surface area contributed by atoms with Gasteiger partial charge < -0.3 is 198 Å². The first-order chi connectivity index (χ1) is 65.0. The normalized spacial score (nSPS) is 34.7. The van der Waals surface area contributed by atoms with Crippen molar-refractivity contribution in [3.63, 3.8) is 0 Å². The molecule has 7 unspecified atom stereocenters. The highest BCUT2D eigenvalue weighted by molar-refractivity contribution is 5.98. The molecule has 0 bridgehead atoms. The predicted molar refractivity (Wildman–Crippen MR) is 463 cm³/mol. The van der Waals surface area contributed by atoms with E-state index in [1.807, 2.05) is 0 Å². The van der Waals surface area contributed by atoms with Crippen LogP contribution in [0.25, 0.3) is 0 Å². The summed E-state index contributed by atoms with van der Waals surface area (Å²) in [6.07, 6.45) is -50.7. The smallest absolute Gasteiger partial charge is 0.308 e. The quantitative estimate of drug-likeness (QED) is 0.0213. The monoisotopic (exact) mass is 1970 g/mol.